The molecule has 1 aromatic heterocycles. The highest BCUT2D eigenvalue weighted by Crippen LogP contribution is 2.29. The SMILES string of the molecule is Cc1ccc(C2CNCC(C(C)C)O2)s1. The first kappa shape index (κ1) is 11.1. The third-order valence-corrected chi connectivity index (χ3v) is 3.93. The van der Waals surface area contributed by atoms with Crippen LogP contribution in [0.2, 0.25) is 0 Å². The van der Waals surface area contributed by atoms with Crippen LogP contribution in [0, 0.1) is 12.8 Å². The quantitative estimate of drug-likeness (QED) is 0.835. The van der Waals surface area contributed by atoms with Gasteiger partial charge in [0.05, 0.1) is 6.10 Å². The van der Waals surface area contributed by atoms with Gasteiger partial charge in [-0.2, -0.15) is 0 Å². The van der Waals surface area contributed by atoms with Crippen LogP contribution in [0.3, 0.4) is 0 Å². The molecule has 2 rings (SSSR count). The molecule has 0 spiro atoms. The largest absolute Gasteiger partial charge is 0.367 e. The number of nitrogens with one attached hydrogen (secondary N) is 1. The summed E-state index contributed by atoms with van der Waals surface area (Å²) < 4.78 is 6.10. The average molecular weight is 225 g/mol. The van der Waals surface area contributed by atoms with E-state index in [0.29, 0.717) is 12.0 Å². The van der Waals surface area contributed by atoms with Crippen molar-refractivity contribution in [2.24, 2.45) is 5.92 Å². The van der Waals surface area contributed by atoms with E-state index >= 15 is 0 Å². The van der Waals surface area contributed by atoms with Gasteiger partial charge in [0.25, 0.3) is 0 Å². The van der Waals surface area contributed by atoms with E-state index in [9.17, 15) is 0 Å². The number of rotatable bonds is 2. The van der Waals surface area contributed by atoms with Crippen LogP contribution < -0.4 is 5.32 Å². The second-order valence-corrected chi connectivity index (χ2v) is 5.83. The van der Waals surface area contributed by atoms with E-state index in [1.807, 2.05) is 11.3 Å². The zero-order valence-electron chi connectivity index (χ0n) is 9.62. The summed E-state index contributed by atoms with van der Waals surface area (Å²) in [5.74, 6) is 0.585. The Hall–Kier alpha value is -0.380. The summed E-state index contributed by atoms with van der Waals surface area (Å²) in [6.07, 6.45) is 0.607. The lowest BCUT2D eigenvalue weighted by atomic mass is 10.1. The third-order valence-electron chi connectivity index (χ3n) is 2.84. The van der Waals surface area contributed by atoms with Gasteiger partial charge in [-0.25, -0.2) is 0 Å². The zero-order chi connectivity index (χ0) is 10.8. The molecule has 0 aliphatic carbocycles. The van der Waals surface area contributed by atoms with E-state index in [1.165, 1.54) is 9.75 Å². The van der Waals surface area contributed by atoms with Gasteiger partial charge in [0, 0.05) is 22.8 Å². The molecule has 2 heterocycles. The van der Waals surface area contributed by atoms with Crippen molar-refractivity contribution < 1.29 is 4.74 Å². The molecule has 84 valence electrons. The topological polar surface area (TPSA) is 21.3 Å². The Morgan fingerprint density at radius 3 is 2.80 bits per heavy atom. The molecular weight excluding hydrogens is 206 g/mol. The monoisotopic (exact) mass is 225 g/mol. The molecule has 0 aromatic carbocycles. The zero-order valence-corrected chi connectivity index (χ0v) is 10.4. The molecule has 2 atom stereocenters. The molecule has 1 aromatic rings. The van der Waals surface area contributed by atoms with Crippen LogP contribution in [0.5, 0.6) is 0 Å². The van der Waals surface area contributed by atoms with Crippen molar-refractivity contribution in [2.75, 3.05) is 13.1 Å². The number of thiophene rings is 1. The number of hydrogen-bond acceptors (Lipinski definition) is 3. The highest BCUT2D eigenvalue weighted by atomic mass is 32.1. The Balaban J connectivity index is 2.04. The third kappa shape index (κ3) is 2.60. The van der Waals surface area contributed by atoms with Gasteiger partial charge in [0.1, 0.15) is 6.10 Å². The van der Waals surface area contributed by atoms with Gasteiger partial charge in [-0.05, 0) is 25.0 Å². The van der Waals surface area contributed by atoms with Crippen molar-refractivity contribution in [2.45, 2.75) is 33.0 Å². The molecular formula is C12H19NOS. The molecule has 3 heteroatoms. The first-order chi connectivity index (χ1) is 7.16. The number of morpholine rings is 1. The molecule has 1 saturated heterocycles. The smallest absolute Gasteiger partial charge is 0.104 e. The van der Waals surface area contributed by atoms with E-state index in [0.717, 1.165) is 13.1 Å². The Morgan fingerprint density at radius 1 is 1.40 bits per heavy atom. The Labute approximate surface area is 95.6 Å². The molecule has 0 radical (unpaired) electrons. The van der Waals surface area contributed by atoms with Crippen molar-refractivity contribution in [3.63, 3.8) is 0 Å². The van der Waals surface area contributed by atoms with E-state index in [1.54, 1.807) is 0 Å². The standard InChI is InChI=1S/C12H19NOS/c1-8(2)10-6-13-7-11(14-10)12-5-4-9(3)15-12/h4-5,8,10-11,13H,6-7H2,1-3H3. The second-order valence-electron chi connectivity index (χ2n) is 4.51. The molecule has 1 N–H and O–H groups in total. The van der Waals surface area contributed by atoms with E-state index in [4.69, 9.17) is 4.74 Å². The minimum absolute atomic E-state index is 0.254. The van der Waals surface area contributed by atoms with E-state index in [2.05, 4.69) is 38.2 Å². The predicted octanol–water partition coefficient (Wildman–Crippen LogP) is 2.74. The minimum atomic E-state index is 0.254. The molecule has 2 unspecified atom stereocenters. The van der Waals surface area contributed by atoms with Gasteiger partial charge in [-0.1, -0.05) is 13.8 Å². The first-order valence-electron chi connectivity index (χ1n) is 5.59. The molecule has 1 aliphatic rings. The molecule has 0 bridgehead atoms. The molecule has 0 saturated carbocycles. The average Bonchev–Trinajstić information content (AvgIpc) is 2.65. The van der Waals surface area contributed by atoms with E-state index < -0.39 is 0 Å². The number of aryl methyl sites for hydroxylation is 1. The molecule has 0 amide bonds. The van der Waals surface area contributed by atoms with Crippen LogP contribution in [0.4, 0.5) is 0 Å². The van der Waals surface area contributed by atoms with Gasteiger partial charge in [-0.3, -0.25) is 0 Å². The van der Waals surface area contributed by atoms with Crippen molar-refractivity contribution in [3.8, 4) is 0 Å². The minimum Gasteiger partial charge on any atom is -0.367 e. The Bertz CT molecular complexity index is 321. The van der Waals surface area contributed by atoms with Crippen molar-refractivity contribution >= 4 is 11.3 Å². The van der Waals surface area contributed by atoms with Gasteiger partial charge < -0.3 is 10.1 Å². The fourth-order valence-electron chi connectivity index (χ4n) is 1.85. The lowest BCUT2D eigenvalue weighted by Gasteiger charge is -2.32. The lowest BCUT2D eigenvalue weighted by molar-refractivity contribution is -0.0587. The van der Waals surface area contributed by atoms with Gasteiger partial charge >= 0.3 is 0 Å². The van der Waals surface area contributed by atoms with Crippen LogP contribution >= 0.6 is 11.3 Å². The molecule has 1 fully saturated rings. The van der Waals surface area contributed by atoms with Crippen LogP contribution in [0.15, 0.2) is 12.1 Å². The van der Waals surface area contributed by atoms with Gasteiger partial charge in [-0.15, -0.1) is 11.3 Å². The maximum absolute atomic E-state index is 6.10. The summed E-state index contributed by atoms with van der Waals surface area (Å²) in [5.41, 5.74) is 0. The predicted molar refractivity (Wildman–Crippen MR) is 64.4 cm³/mol. The van der Waals surface area contributed by atoms with Crippen LogP contribution in [0.1, 0.15) is 29.7 Å². The Morgan fingerprint density at radius 2 is 2.20 bits per heavy atom. The first-order valence-corrected chi connectivity index (χ1v) is 6.41. The van der Waals surface area contributed by atoms with Crippen LogP contribution in [0.25, 0.3) is 0 Å². The summed E-state index contributed by atoms with van der Waals surface area (Å²) >= 11 is 1.84. The molecule has 1 aliphatic heterocycles. The summed E-state index contributed by atoms with van der Waals surface area (Å²) in [6, 6.07) is 4.36. The summed E-state index contributed by atoms with van der Waals surface area (Å²) in [4.78, 5) is 2.71. The fraction of sp³-hybridized carbons (Fsp3) is 0.667. The second kappa shape index (κ2) is 4.64. The molecule has 2 nitrogen and oxygen atoms in total. The summed E-state index contributed by atoms with van der Waals surface area (Å²) in [6.45, 7) is 8.51. The number of hydrogen-bond donors (Lipinski definition) is 1. The highest BCUT2D eigenvalue weighted by molar-refractivity contribution is 7.12. The Kier molecular flexibility index (Phi) is 3.44. The molecule has 15 heavy (non-hydrogen) atoms. The normalized spacial score (nSPS) is 27.2. The lowest BCUT2D eigenvalue weighted by Crippen LogP contribution is -2.42. The van der Waals surface area contributed by atoms with Gasteiger partial charge in [0.15, 0.2) is 0 Å². The van der Waals surface area contributed by atoms with E-state index in [-0.39, 0.29) is 6.10 Å². The van der Waals surface area contributed by atoms with Gasteiger partial charge in [0.2, 0.25) is 0 Å². The van der Waals surface area contributed by atoms with Crippen molar-refractivity contribution in [3.05, 3.63) is 21.9 Å². The summed E-state index contributed by atoms with van der Waals surface area (Å²) in [7, 11) is 0. The number of ether oxygens (including phenoxy) is 1. The maximum Gasteiger partial charge on any atom is 0.104 e. The van der Waals surface area contributed by atoms with Crippen molar-refractivity contribution in [1.29, 1.82) is 0 Å². The highest BCUT2D eigenvalue weighted by Gasteiger charge is 2.25. The van der Waals surface area contributed by atoms with Crippen molar-refractivity contribution in [1.82, 2.24) is 5.32 Å². The summed E-state index contributed by atoms with van der Waals surface area (Å²) in [5, 5.41) is 3.46. The fourth-order valence-corrected chi connectivity index (χ4v) is 2.77. The van der Waals surface area contributed by atoms with Crippen LogP contribution in [-0.2, 0) is 4.74 Å². The van der Waals surface area contributed by atoms with Crippen LogP contribution in [-0.4, -0.2) is 19.2 Å². The maximum atomic E-state index is 6.10.